The molecule has 0 fully saturated rings. The number of unbranched alkanes of at least 4 members (excludes halogenated alkanes) is 6. The van der Waals surface area contributed by atoms with Crippen molar-refractivity contribution in [1.82, 2.24) is 0 Å². The lowest BCUT2D eigenvalue weighted by atomic mass is 10.1. The third kappa shape index (κ3) is 11.5. The Morgan fingerprint density at radius 2 is 1.38 bits per heavy atom. The van der Waals surface area contributed by atoms with Crippen LogP contribution >= 0.6 is 0 Å². The smallest absolute Gasteiger partial charge is 0.0351 e. The van der Waals surface area contributed by atoms with E-state index in [0.29, 0.717) is 0 Å². The van der Waals surface area contributed by atoms with E-state index >= 15 is 0 Å². The quantitative estimate of drug-likeness (QED) is 0.351. The summed E-state index contributed by atoms with van der Waals surface area (Å²) in [5.74, 6) is 0. The Morgan fingerprint density at radius 3 is 1.92 bits per heavy atom. The van der Waals surface area contributed by atoms with Crippen molar-refractivity contribution in [3.05, 3.63) is 24.8 Å². The van der Waals surface area contributed by atoms with E-state index in [-0.39, 0.29) is 0 Å². The third-order valence-electron chi connectivity index (χ3n) is 2.17. The second kappa shape index (κ2) is 11.5. The van der Waals surface area contributed by atoms with Gasteiger partial charge in [-0.05, 0) is 38.5 Å². The molecule has 0 aromatic carbocycles. The number of allylic oxidation sites excluding steroid dienone is 3. The van der Waals surface area contributed by atoms with Gasteiger partial charge in [0.1, 0.15) is 0 Å². The van der Waals surface area contributed by atoms with Crippen LogP contribution < -0.4 is 0 Å². The first kappa shape index (κ1) is 12.5. The summed E-state index contributed by atoms with van der Waals surface area (Å²) in [5.41, 5.74) is 0. The van der Waals surface area contributed by atoms with E-state index in [2.05, 4.69) is 25.7 Å². The molecular weight excluding hydrogens is 156 g/mol. The van der Waals surface area contributed by atoms with Gasteiger partial charge in [-0.2, -0.15) is 0 Å². The predicted molar refractivity (Wildman–Crippen MR) is 61.9 cm³/mol. The lowest BCUT2D eigenvalue weighted by Gasteiger charge is -1.93. The van der Waals surface area contributed by atoms with Crippen LogP contribution in [0.2, 0.25) is 0 Å². The van der Waals surface area contributed by atoms with Crippen molar-refractivity contribution < 1.29 is 0 Å². The molecule has 0 radical (unpaired) electrons. The molecular formula is C13H24. The molecule has 0 saturated heterocycles. The highest BCUT2D eigenvalue weighted by Crippen LogP contribution is 2.03. The lowest BCUT2D eigenvalue weighted by Crippen LogP contribution is -1.73. The molecule has 13 heavy (non-hydrogen) atoms. The molecule has 0 aromatic rings. The highest BCUT2D eigenvalue weighted by Gasteiger charge is 1.83. The van der Waals surface area contributed by atoms with Gasteiger partial charge in [0.05, 0.1) is 0 Å². The topological polar surface area (TPSA) is 0 Å². The monoisotopic (exact) mass is 180 g/mol. The third-order valence-corrected chi connectivity index (χ3v) is 2.17. The molecule has 0 atom stereocenters. The van der Waals surface area contributed by atoms with E-state index in [1.807, 2.05) is 6.08 Å². The molecule has 0 unspecified atom stereocenters. The molecule has 0 aliphatic heterocycles. The average Bonchev–Trinajstić information content (AvgIpc) is 2.16. The normalized spacial score (nSPS) is 10.8. The molecule has 0 saturated carbocycles. The highest BCUT2D eigenvalue weighted by atomic mass is 13.9. The minimum absolute atomic E-state index is 1.17. The van der Waals surface area contributed by atoms with Gasteiger partial charge < -0.3 is 0 Å². The molecule has 0 nitrogen and oxygen atoms in total. The van der Waals surface area contributed by atoms with Gasteiger partial charge in [-0.3, -0.25) is 0 Å². The van der Waals surface area contributed by atoms with Crippen LogP contribution in [0.15, 0.2) is 24.8 Å². The maximum Gasteiger partial charge on any atom is -0.0351 e. The lowest BCUT2D eigenvalue weighted by molar-refractivity contribution is 0.723. The maximum absolute atomic E-state index is 3.71. The van der Waals surface area contributed by atoms with Crippen LogP contribution in [0.25, 0.3) is 0 Å². The van der Waals surface area contributed by atoms with Gasteiger partial charge in [-0.25, -0.2) is 0 Å². The van der Waals surface area contributed by atoms with Crippen LogP contribution in [0.1, 0.15) is 58.3 Å². The summed E-state index contributed by atoms with van der Waals surface area (Å²) in [6, 6.07) is 0. The van der Waals surface area contributed by atoms with Crippen molar-refractivity contribution in [2.45, 2.75) is 58.3 Å². The van der Waals surface area contributed by atoms with Crippen LogP contribution in [0.3, 0.4) is 0 Å². The van der Waals surface area contributed by atoms with E-state index in [1.165, 1.54) is 51.4 Å². The van der Waals surface area contributed by atoms with Crippen molar-refractivity contribution in [2.75, 3.05) is 0 Å². The van der Waals surface area contributed by atoms with Crippen molar-refractivity contribution in [3.8, 4) is 0 Å². The summed E-state index contributed by atoms with van der Waals surface area (Å²) >= 11 is 0. The molecule has 0 aliphatic carbocycles. The van der Waals surface area contributed by atoms with E-state index in [4.69, 9.17) is 0 Å². The Labute approximate surface area is 83.7 Å². The Morgan fingerprint density at radius 1 is 0.846 bits per heavy atom. The summed E-state index contributed by atoms with van der Waals surface area (Å²) in [6.07, 6.45) is 17.0. The molecule has 0 bridgehead atoms. The summed E-state index contributed by atoms with van der Waals surface area (Å²) in [5, 5.41) is 0. The Hall–Kier alpha value is -0.520. The maximum atomic E-state index is 3.71. The molecule has 0 heterocycles. The summed E-state index contributed by atoms with van der Waals surface area (Å²) in [6.45, 7) is 5.96. The van der Waals surface area contributed by atoms with Gasteiger partial charge in [-0.1, -0.05) is 38.0 Å². The van der Waals surface area contributed by atoms with Crippen LogP contribution in [0.5, 0.6) is 0 Å². The fourth-order valence-electron chi connectivity index (χ4n) is 1.30. The molecule has 0 aliphatic rings. The zero-order valence-electron chi connectivity index (χ0n) is 9.10. The van der Waals surface area contributed by atoms with E-state index < -0.39 is 0 Å². The Bertz CT molecular complexity index is 122. The van der Waals surface area contributed by atoms with Gasteiger partial charge in [-0.15, -0.1) is 6.58 Å². The molecule has 0 rings (SSSR count). The summed E-state index contributed by atoms with van der Waals surface area (Å²) in [7, 11) is 0. The zero-order valence-corrected chi connectivity index (χ0v) is 9.10. The standard InChI is InChI=1S/C13H24/c1-3-5-7-9-11-13-12-10-8-6-4-2/h3,12-13H,1,4-11H2,2H3. The minimum atomic E-state index is 1.17. The molecule has 0 aromatic heterocycles. The van der Waals surface area contributed by atoms with Gasteiger partial charge in [0.2, 0.25) is 0 Å². The number of hydrogen-bond donors (Lipinski definition) is 0. The van der Waals surface area contributed by atoms with Crippen molar-refractivity contribution in [1.29, 1.82) is 0 Å². The average molecular weight is 180 g/mol. The van der Waals surface area contributed by atoms with Crippen LogP contribution in [0.4, 0.5) is 0 Å². The minimum Gasteiger partial charge on any atom is -0.103 e. The second-order valence-electron chi connectivity index (χ2n) is 3.54. The first-order chi connectivity index (χ1) is 6.41. The molecule has 0 N–H and O–H groups in total. The van der Waals surface area contributed by atoms with Crippen molar-refractivity contribution >= 4 is 0 Å². The largest absolute Gasteiger partial charge is 0.103 e. The SMILES string of the molecule is C=CCCCCC=CCCCCC. The summed E-state index contributed by atoms with van der Waals surface area (Å²) < 4.78 is 0. The fraction of sp³-hybridized carbons (Fsp3) is 0.692. The molecule has 0 spiro atoms. The Kier molecular flexibility index (Phi) is 11.0. The van der Waals surface area contributed by atoms with Gasteiger partial charge in [0.25, 0.3) is 0 Å². The van der Waals surface area contributed by atoms with Crippen LogP contribution in [-0.4, -0.2) is 0 Å². The van der Waals surface area contributed by atoms with Crippen molar-refractivity contribution in [3.63, 3.8) is 0 Å². The van der Waals surface area contributed by atoms with Crippen molar-refractivity contribution in [2.24, 2.45) is 0 Å². The van der Waals surface area contributed by atoms with Gasteiger partial charge in [0, 0.05) is 0 Å². The zero-order chi connectivity index (χ0) is 9.78. The van der Waals surface area contributed by atoms with Crippen LogP contribution in [0, 0.1) is 0 Å². The van der Waals surface area contributed by atoms with E-state index in [1.54, 1.807) is 0 Å². The van der Waals surface area contributed by atoms with E-state index in [9.17, 15) is 0 Å². The number of hydrogen-bond acceptors (Lipinski definition) is 0. The van der Waals surface area contributed by atoms with Crippen LogP contribution in [-0.2, 0) is 0 Å². The molecule has 76 valence electrons. The van der Waals surface area contributed by atoms with E-state index in [0.717, 1.165) is 0 Å². The molecule has 0 amide bonds. The fourth-order valence-corrected chi connectivity index (χ4v) is 1.30. The first-order valence-corrected chi connectivity index (χ1v) is 5.67. The highest BCUT2D eigenvalue weighted by molar-refractivity contribution is 4.81. The van der Waals surface area contributed by atoms with Gasteiger partial charge in [0.15, 0.2) is 0 Å². The summed E-state index contributed by atoms with van der Waals surface area (Å²) in [4.78, 5) is 0. The second-order valence-corrected chi connectivity index (χ2v) is 3.54. The number of rotatable bonds is 9. The predicted octanol–water partition coefficient (Wildman–Crippen LogP) is 4.87. The molecule has 0 heteroatoms. The van der Waals surface area contributed by atoms with Gasteiger partial charge >= 0.3 is 0 Å². The first-order valence-electron chi connectivity index (χ1n) is 5.67. The Balaban J connectivity index is 2.98.